The number of amides is 1. The SMILES string of the molecule is CC1CN2CCCCC2CN1C(=O)c1ccc(Br)c(Cl)c1. The normalized spacial score (nSPS) is 26.5. The highest BCUT2D eigenvalue weighted by Crippen LogP contribution is 2.27. The summed E-state index contributed by atoms with van der Waals surface area (Å²) < 4.78 is 0.825. The Bertz CT molecular complexity index is 551. The second-order valence-corrected chi connectivity index (χ2v) is 7.34. The van der Waals surface area contributed by atoms with E-state index >= 15 is 0 Å². The second-order valence-electron chi connectivity index (χ2n) is 6.08. The third kappa shape index (κ3) is 3.13. The monoisotopic (exact) mass is 370 g/mol. The zero-order valence-electron chi connectivity index (χ0n) is 12.2. The molecule has 2 aliphatic heterocycles. The van der Waals surface area contributed by atoms with Gasteiger partial charge in [-0.05, 0) is 60.4 Å². The molecule has 2 heterocycles. The number of piperidine rings is 1. The summed E-state index contributed by atoms with van der Waals surface area (Å²) in [5.41, 5.74) is 0.680. The fourth-order valence-corrected chi connectivity index (χ4v) is 3.86. The standard InChI is InChI=1S/C16H20BrClN2O/c1-11-9-19-7-3-2-4-13(19)10-20(11)16(21)12-5-6-14(17)15(18)8-12/h5-6,8,11,13H,2-4,7,9-10H2,1H3. The molecule has 21 heavy (non-hydrogen) atoms. The number of piperazine rings is 1. The maximum Gasteiger partial charge on any atom is 0.254 e. The van der Waals surface area contributed by atoms with Crippen LogP contribution in [0.5, 0.6) is 0 Å². The summed E-state index contributed by atoms with van der Waals surface area (Å²) in [6.45, 7) is 5.15. The molecule has 0 radical (unpaired) electrons. The molecule has 2 unspecified atom stereocenters. The summed E-state index contributed by atoms with van der Waals surface area (Å²) >= 11 is 9.49. The number of fused-ring (bicyclic) bond motifs is 1. The first-order chi connectivity index (χ1) is 10.1. The van der Waals surface area contributed by atoms with E-state index in [2.05, 4.69) is 27.8 Å². The second kappa shape index (κ2) is 6.27. The zero-order chi connectivity index (χ0) is 15.0. The molecular formula is C16H20BrClN2O. The van der Waals surface area contributed by atoms with Gasteiger partial charge >= 0.3 is 0 Å². The van der Waals surface area contributed by atoms with Crippen LogP contribution in [-0.4, -0.2) is 47.4 Å². The summed E-state index contributed by atoms with van der Waals surface area (Å²) in [4.78, 5) is 17.3. The lowest BCUT2D eigenvalue weighted by atomic mass is 9.96. The fraction of sp³-hybridized carbons (Fsp3) is 0.562. The Labute approximate surface area is 139 Å². The molecule has 0 N–H and O–H groups in total. The van der Waals surface area contributed by atoms with Gasteiger partial charge in [-0.15, -0.1) is 0 Å². The highest BCUT2D eigenvalue weighted by molar-refractivity contribution is 9.10. The van der Waals surface area contributed by atoms with Gasteiger partial charge in [-0.1, -0.05) is 18.0 Å². The lowest BCUT2D eigenvalue weighted by Gasteiger charge is -2.47. The number of hydrogen-bond acceptors (Lipinski definition) is 2. The van der Waals surface area contributed by atoms with Crippen molar-refractivity contribution in [3.05, 3.63) is 33.3 Å². The fourth-order valence-electron chi connectivity index (χ4n) is 3.43. The van der Waals surface area contributed by atoms with Crippen molar-refractivity contribution in [3.63, 3.8) is 0 Å². The summed E-state index contributed by atoms with van der Waals surface area (Å²) in [5, 5.41) is 0.588. The Hall–Kier alpha value is -0.580. The first-order valence-electron chi connectivity index (χ1n) is 7.56. The van der Waals surface area contributed by atoms with Gasteiger partial charge in [0, 0.05) is 35.2 Å². The van der Waals surface area contributed by atoms with E-state index in [0.29, 0.717) is 16.6 Å². The van der Waals surface area contributed by atoms with Gasteiger partial charge in [0.05, 0.1) is 5.02 Å². The van der Waals surface area contributed by atoms with Gasteiger partial charge in [-0.2, -0.15) is 0 Å². The smallest absolute Gasteiger partial charge is 0.254 e. The van der Waals surface area contributed by atoms with Crippen LogP contribution in [0.15, 0.2) is 22.7 Å². The van der Waals surface area contributed by atoms with Crippen LogP contribution in [-0.2, 0) is 0 Å². The maximum absolute atomic E-state index is 12.8. The zero-order valence-corrected chi connectivity index (χ0v) is 14.5. The van der Waals surface area contributed by atoms with Crippen molar-refractivity contribution in [1.29, 1.82) is 0 Å². The van der Waals surface area contributed by atoms with Crippen molar-refractivity contribution in [1.82, 2.24) is 9.80 Å². The van der Waals surface area contributed by atoms with Crippen LogP contribution in [0, 0.1) is 0 Å². The van der Waals surface area contributed by atoms with Crippen molar-refractivity contribution in [2.24, 2.45) is 0 Å². The van der Waals surface area contributed by atoms with E-state index in [4.69, 9.17) is 11.6 Å². The van der Waals surface area contributed by atoms with Crippen LogP contribution in [0.1, 0.15) is 36.5 Å². The van der Waals surface area contributed by atoms with E-state index in [1.165, 1.54) is 25.8 Å². The van der Waals surface area contributed by atoms with E-state index in [1.54, 1.807) is 6.07 Å². The van der Waals surface area contributed by atoms with Crippen LogP contribution in [0.3, 0.4) is 0 Å². The number of nitrogens with zero attached hydrogens (tertiary/aromatic N) is 2. The molecule has 1 amide bonds. The van der Waals surface area contributed by atoms with Crippen molar-refractivity contribution in [2.45, 2.75) is 38.3 Å². The summed E-state index contributed by atoms with van der Waals surface area (Å²) in [6, 6.07) is 6.24. The van der Waals surface area contributed by atoms with Crippen LogP contribution >= 0.6 is 27.5 Å². The van der Waals surface area contributed by atoms with E-state index < -0.39 is 0 Å². The molecule has 5 heteroatoms. The first kappa shape index (κ1) is 15.3. The van der Waals surface area contributed by atoms with Gasteiger partial charge in [-0.25, -0.2) is 0 Å². The topological polar surface area (TPSA) is 23.6 Å². The molecule has 0 aromatic heterocycles. The Kier molecular flexibility index (Phi) is 4.57. The van der Waals surface area contributed by atoms with Gasteiger partial charge in [-0.3, -0.25) is 9.69 Å². The summed E-state index contributed by atoms with van der Waals surface area (Å²) in [5.74, 6) is 0.0992. The highest BCUT2D eigenvalue weighted by atomic mass is 79.9. The van der Waals surface area contributed by atoms with Crippen molar-refractivity contribution in [2.75, 3.05) is 19.6 Å². The molecular weight excluding hydrogens is 352 g/mol. The molecule has 3 rings (SSSR count). The van der Waals surface area contributed by atoms with Gasteiger partial charge in [0.2, 0.25) is 0 Å². The minimum absolute atomic E-state index is 0.0992. The molecule has 114 valence electrons. The van der Waals surface area contributed by atoms with Crippen LogP contribution in [0.4, 0.5) is 0 Å². The molecule has 0 spiro atoms. The lowest BCUT2D eigenvalue weighted by molar-refractivity contribution is 0.0151. The molecule has 3 nitrogen and oxygen atoms in total. The Morgan fingerprint density at radius 1 is 1.33 bits per heavy atom. The average Bonchev–Trinajstić information content (AvgIpc) is 2.48. The van der Waals surface area contributed by atoms with Gasteiger partial charge in [0.15, 0.2) is 0 Å². The molecule has 2 atom stereocenters. The van der Waals surface area contributed by atoms with Gasteiger partial charge in [0.25, 0.3) is 5.91 Å². The third-order valence-electron chi connectivity index (χ3n) is 4.61. The Balaban J connectivity index is 1.78. The van der Waals surface area contributed by atoms with Crippen molar-refractivity contribution in [3.8, 4) is 0 Å². The van der Waals surface area contributed by atoms with E-state index in [9.17, 15) is 4.79 Å². The molecule has 2 saturated heterocycles. The number of rotatable bonds is 1. The largest absolute Gasteiger partial charge is 0.333 e. The van der Waals surface area contributed by atoms with E-state index in [1.807, 2.05) is 17.0 Å². The highest BCUT2D eigenvalue weighted by Gasteiger charge is 2.35. The maximum atomic E-state index is 12.8. The lowest BCUT2D eigenvalue weighted by Crippen LogP contribution is -2.60. The van der Waals surface area contributed by atoms with E-state index in [-0.39, 0.29) is 11.9 Å². The Morgan fingerprint density at radius 2 is 2.14 bits per heavy atom. The molecule has 0 aliphatic carbocycles. The average molecular weight is 372 g/mol. The Morgan fingerprint density at radius 3 is 2.90 bits per heavy atom. The number of carbonyl (C=O) groups is 1. The molecule has 0 saturated carbocycles. The predicted octanol–water partition coefficient (Wildman–Crippen LogP) is 3.80. The van der Waals surface area contributed by atoms with Crippen LogP contribution in [0.2, 0.25) is 5.02 Å². The molecule has 2 aliphatic rings. The minimum atomic E-state index is 0.0992. The van der Waals surface area contributed by atoms with Crippen molar-refractivity contribution >= 4 is 33.4 Å². The quantitative estimate of drug-likeness (QED) is 0.749. The number of benzene rings is 1. The molecule has 1 aromatic rings. The van der Waals surface area contributed by atoms with Crippen LogP contribution < -0.4 is 0 Å². The number of hydrogen-bond donors (Lipinski definition) is 0. The van der Waals surface area contributed by atoms with Gasteiger partial charge in [0.1, 0.15) is 0 Å². The number of halogens is 2. The summed E-state index contributed by atoms with van der Waals surface area (Å²) in [7, 11) is 0. The molecule has 0 bridgehead atoms. The summed E-state index contributed by atoms with van der Waals surface area (Å²) in [6.07, 6.45) is 3.78. The first-order valence-corrected chi connectivity index (χ1v) is 8.73. The minimum Gasteiger partial charge on any atom is -0.333 e. The molecule has 1 aromatic carbocycles. The van der Waals surface area contributed by atoms with E-state index in [0.717, 1.165) is 17.6 Å². The van der Waals surface area contributed by atoms with Crippen molar-refractivity contribution < 1.29 is 4.79 Å². The molecule has 2 fully saturated rings. The van der Waals surface area contributed by atoms with Crippen LogP contribution in [0.25, 0.3) is 0 Å². The predicted molar refractivity (Wildman–Crippen MR) is 88.9 cm³/mol. The third-order valence-corrected chi connectivity index (χ3v) is 5.85. The number of carbonyl (C=O) groups excluding carboxylic acids is 1. The van der Waals surface area contributed by atoms with Gasteiger partial charge < -0.3 is 4.90 Å².